The summed E-state index contributed by atoms with van der Waals surface area (Å²) in [5, 5.41) is 7.20. The molecule has 16 heavy (non-hydrogen) atoms. The molecule has 6 heteroatoms. The van der Waals surface area contributed by atoms with Crippen LogP contribution in [0.2, 0.25) is 0 Å². The van der Waals surface area contributed by atoms with Crippen LogP contribution in [0.5, 0.6) is 0 Å². The van der Waals surface area contributed by atoms with Gasteiger partial charge in [-0.15, -0.1) is 0 Å². The van der Waals surface area contributed by atoms with E-state index in [9.17, 15) is 0 Å². The number of aryl methyl sites for hydroxylation is 1. The van der Waals surface area contributed by atoms with Crippen LogP contribution in [0, 0.1) is 0 Å². The van der Waals surface area contributed by atoms with E-state index in [1.54, 1.807) is 18.5 Å². The average molecular weight is 218 g/mol. The Labute approximate surface area is 93.5 Å². The Morgan fingerprint density at radius 2 is 2.25 bits per heavy atom. The largest absolute Gasteiger partial charge is 0.384 e. The molecule has 0 aromatic carbocycles. The topological polar surface area (TPSA) is 81.7 Å². The molecule has 0 fully saturated rings. The molecule has 2 heterocycles. The van der Waals surface area contributed by atoms with Crippen molar-refractivity contribution in [2.45, 2.75) is 6.42 Å². The van der Waals surface area contributed by atoms with Crippen molar-refractivity contribution in [1.29, 1.82) is 0 Å². The molecule has 0 saturated heterocycles. The first kappa shape index (κ1) is 10.4. The maximum absolute atomic E-state index is 5.54. The van der Waals surface area contributed by atoms with Gasteiger partial charge in [0.05, 0.1) is 0 Å². The van der Waals surface area contributed by atoms with Crippen LogP contribution in [0.3, 0.4) is 0 Å². The van der Waals surface area contributed by atoms with Gasteiger partial charge in [-0.25, -0.2) is 4.98 Å². The van der Waals surface area contributed by atoms with Crippen LogP contribution < -0.4 is 11.1 Å². The van der Waals surface area contributed by atoms with E-state index in [-0.39, 0.29) is 0 Å². The number of aromatic nitrogens is 4. The smallest absolute Gasteiger partial charge is 0.224 e. The molecule has 2 aromatic rings. The number of nitrogens with two attached hydrogens (primary N) is 1. The lowest BCUT2D eigenvalue weighted by molar-refractivity contribution is 0.710. The van der Waals surface area contributed by atoms with Crippen molar-refractivity contribution in [1.82, 2.24) is 19.7 Å². The van der Waals surface area contributed by atoms with Gasteiger partial charge in [0.25, 0.3) is 0 Å². The van der Waals surface area contributed by atoms with Gasteiger partial charge in [0.2, 0.25) is 5.95 Å². The summed E-state index contributed by atoms with van der Waals surface area (Å²) in [7, 11) is 1.92. The first-order valence-electron chi connectivity index (χ1n) is 5.05. The summed E-state index contributed by atoms with van der Waals surface area (Å²) in [6.45, 7) is 0.753. The predicted molar refractivity (Wildman–Crippen MR) is 61.8 cm³/mol. The average Bonchev–Trinajstić information content (AvgIpc) is 2.65. The van der Waals surface area contributed by atoms with E-state index >= 15 is 0 Å². The summed E-state index contributed by atoms with van der Waals surface area (Å²) in [5.41, 5.74) is 6.71. The molecular weight excluding hydrogens is 204 g/mol. The lowest BCUT2D eigenvalue weighted by atomic mass is 10.3. The van der Waals surface area contributed by atoms with E-state index in [1.165, 1.54) is 0 Å². The predicted octanol–water partition coefficient (Wildman–Crippen LogP) is 0.447. The van der Waals surface area contributed by atoms with E-state index in [1.807, 2.05) is 17.8 Å². The molecule has 0 bridgehead atoms. The number of nitrogens with zero attached hydrogens (tertiary/aromatic N) is 4. The van der Waals surface area contributed by atoms with Gasteiger partial charge in [-0.3, -0.25) is 4.68 Å². The Balaban J connectivity index is 1.87. The maximum atomic E-state index is 5.54. The van der Waals surface area contributed by atoms with Gasteiger partial charge in [-0.05, 0) is 12.1 Å². The fourth-order valence-corrected chi connectivity index (χ4v) is 1.41. The summed E-state index contributed by atoms with van der Waals surface area (Å²) < 4.78 is 1.85. The minimum atomic E-state index is 0.470. The van der Waals surface area contributed by atoms with Crippen molar-refractivity contribution < 1.29 is 0 Å². The summed E-state index contributed by atoms with van der Waals surface area (Å²) >= 11 is 0. The molecular formula is C10H14N6. The van der Waals surface area contributed by atoms with Crippen LogP contribution in [0.15, 0.2) is 24.5 Å². The lowest BCUT2D eigenvalue weighted by Crippen LogP contribution is -2.10. The first-order chi connectivity index (χ1) is 7.75. The number of rotatable bonds is 4. The van der Waals surface area contributed by atoms with E-state index in [0.29, 0.717) is 11.8 Å². The number of anilines is 2. The van der Waals surface area contributed by atoms with Crippen molar-refractivity contribution in [3.05, 3.63) is 30.2 Å². The molecule has 0 aliphatic carbocycles. The standard InChI is InChI=1S/C10H14N6/c1-16-8(3-7-14-16)2-5-12-10-13-6-4-9(11)15-10/h3-4,6-7H,2,5H2,1H3,(H3,11,12,13,15). The van der Waals surface area contributed by atoms with Gasteiger partial charge in [-0.1, -0.05) is 0 Å². The minimum absolute atomic E-state index is 0.470. The van der Waals surface area contributed by atoms with Crippen LogP contribution in [0.25, 0.3) is 0 Å². The Kier molecular flexibility index (Phi) is 3.00. The summed E-state index contributed by atoms with van der Waals surface area (Å²) in [6, 6.07) is 3.65. The van der Waals surface area contributed by atoms with Crippen LogP contribution in [-0.4, -0.2) is 26.3 Å². The molecule has 0 amide bonds. The van der Waals surface area contributed by atoms with Crippen LogP contribution in [0.1, 0.15) is 5.69 Å². The van der Waals surface area contributed by atoms with E-state index in [4.69, 9.17) is 5.73 Å². The van der Waals surface area contributed by atoms with Crippen LogP contribution in [0.4, 0.5) is 11.8 Å². The number of hydrogen-bond donors (Lipinski definition) is 2. The summed E-state index contributed by atoms with van der Waals surface area (Å²) in [4.78, 5) is 8.10. The molecule has 6 nitrogen and oxygen atoms in total. The van der Waals surface area contributed by atoms with Crippen molar-refractivity contribution >= 4 is 11.8 Å². The summed E-state index contributed by atoms with van der Waals surface area (Å²) in [6.07, 6.45) is 4.29. The third kappa shape index (κ3) is 2.47. The zero-order valence-corrected chi connectivity index (χ0v) is 9.09. The molecule has 3 N–H and O–H groups in total. The van der Waals surface area contributed by atoms with Gasteiger partial charge >= 0.3 is 0 Å². The second-order valence-electron chi connectivity index (χ2n) is 3.43. The van der Waals surface area contributed by atoms with Crippen molar-refractivity contribution in [2.75, 3.05) is 17.6 Å². The summed E-state index contributed by atoms with van der Waals surface area (Å²) in [5.74, 6) is 1.03. The van der Waals surface area contributed by atoms with Crippen molar-refractivity contribution in [3.8, 4) is 0 Å². The highest BCUT2D eigenvalue weighted by atomic mass is 15.3. The molecule has 0 aliphatic heterocycles. The van der Waals surface area contributed by atoms with Gasteiger partial charge in [0.15, 0.2) is 0 Å². The third-order valence-corrected chi connectivity index (χ3v) is 2.26. The van der Waals surface area contributed by atoms with Crippen molar-refractivity contribution in [2.24, 2.45) is 7.05 Å². The molecule has 2 rings (SSSR count). The Bertz CT molecular complexity index is 464. The third-order valence-electron chi connectivity index (χ3n) is 2.26. The van der Waals surface area contributed by atoms with Crippen LogP contribution >= 0.6 is 0 Å². The second-order valence-corrected chi connectivity index (χ2v) is 3.43. The molecule has 0 atom stereocenters. The highest BCUT2D eigenvalue weighted by molar-refractivity contribution is 5.34. The molecule has 0 saturated carbocycles. The van der Waals surface area contributed by atoms with Crippen molar-refractivity contribution in [3.63, 3.8) is 0 Å². The minimum Gasteiger partial charge on any atom is -0.384 e. The van der Waals surface area contributed by atoms with Crippen LogP contribution in [-0.2, 0) is 13.5 Å². The van der Waals surface area contributed by atoms with Gasteiger partial charge < -0.3 is 11.1 Å². The fourth-order valence-electron chi connectivity index (χ4n) is 1.41. The highest BCUT2D eigenvalue weighted by Crippen LogP contribution is 2.02. The molecule has 0 aliphatic rings. The molecule has 0 spiro atoms. The Morgan fingerprint density at radius 3 is 2.94 bits per heavy atom. The Morgan fingerprint density at radius 1 is 1.38 bits per heavy atom. The maximum Gasteiger partial charge on any atom is 0.224 e. The Hall–Kier alpha value is -2.11. The number of hydrogen-bond acceptors (Lipinski definition) is 5. The quantitative estimate of drug-likeness (QED) is 0.778. The monoisotopic (exact) mass is 218 g/mol. The fraction of sp³-hybridized carbons (Fsp3) is 0.300. The zero-order valence-electron chi connectivity index (χ0n) is 9.09. The molecule has 0 unspecified atom stereocenters. The van der Waals surface area contributed by atoms with Gasteiger partial charge in [-0.2, -0.15) is 10.1 Å². The molecule has 0 radical (unpaired) electrons. The second kappa shape index (κ2) is 4.61. The molecule has 84 valence electrons. The van der Waals surface area contributed by atoms with Gasteiger partial charge in [0, 0.05) is 38.1 Å². The highest BCUT2D eigenvalue weighted by Gasteiger charge is 1.99. The zero-order chi connectivity index (χ0) is 11.4. The normalized spacial score (nSPS) is 10.3. The van der Waals surface area contributed by atoms with E-state index in [0.717, 1.165) is 18.7 Å². The van der Waals surface area contributed by atoms with E-state index in [2.05, 4.69) is 20.4 Å². The first-order valence-corrected chi connectivity index (χ1v) is 5.05. The molecule has 2 aromatic heterocycles. The van der Waals surface area contributed by atoms with Gasteiger partial charge in [0.1, 0.15) is 5.82 Å². The SMILES string of the molecule is Cn1nccc1CCNc1nccc(N)n1. The van der Waals surface area contributed by atoms with E-state index < -0.39 is 0 Å². The number of nitrogen functional groups attached to an aromatic ring is 1. The number of nitrogens with one attached hydrogen (secondary N) is 1. The lowest BCUT2D eigenvalue weighted by Gasteiger charge is -2.05.